The summed E-state index contributed by atoms with van der Waals surface area (Å²) in [6.45, 7) is 3.68. The van der Waals surface area contributed by atoms with Gasteiger partial charge in [0, 0.05) is 36.1 Å². The van der Waals surface area contributed by atoms with Crippen molar-refractivity contribution in [3.63, 3.8) is 0 Å². The minimum Gasteiger partial charge on any atom is -0.483 e. The van der Waals surface area contributed by atoms with Crippen LogP contribution >= 0.6 is 0 Å². The Labute approximate surface area is 175 Å². The van der Waals surface area contributed by atoms with Crippen molar-refractivity contribution >= 4 is 11.4 Å². The number of carbonyl (C=O) groups excluding carboxylic acids is 1. The molecule has 4 rings (SSSR count). The summed E-state index contributed by atoms with van der Waals surface area (Å²) in [5, 5.41) is 0. The topological polar surface area (TPSA) is 43.6 Å². The zero-order valence-corrected chi connectivity index (χ0v) is 17.0. The first-order chi connectivity index (χ1) is 14.4. The number of benzene rings is 2. The van der Waals surface area contributed by atoms with Crippen LogP contribution in [-0.2, 0) is 12.0 Å². The highest BCUT2D eigenvalue weighted by Gasteiger charge is 2.25. The number of carbonyl (C=O) groups is 1. The maximum Gasteiger partial charge on any atom is 0.163 e. The highest BCUT2D eigenvalue weighted by Crippen LogP contribution is 2.29. The van der Waals surface area contributed by atoms with Crippen LogP contribution < -0.4 is 4.74 Å². The molecule has 2 aromatic heterocycles. The van der Waals surface area contributed by atoms with Gasteiger partial charge in [-0.25, -0.2) is 9.37 Å². The molecule has 5 heteroatoms. The van der Waals surface area contributed by atoms with Crippen molar-refractivity contribution in [2.24, 2.45) is 0 Å². The number of fused-ring (bicyclic) bond motifs is 1. The van der Waals surface area contributed by atoms with Gasteiger partial charge in [-0.3, -0.25) is 4.79 Å². The lowest BCUT2D eigenvalue weighted by Crippen LogP contribution is -2.26. The SMILES string of the molecule is CC(C)(Oc1ccc(CCC(=O)c2ccn3ccnc3c2)cc1)c1ccccc1F. The summed E-state index contributed by atoms with van der Waals surface area (Å²) in [6.07, 6.45) is 6.45. The van der Waals surface area contributed by atoms with Gasteiger partial charge in [-0.1, -0.05) is 30.3 Å². The fourth-order valence-electron chi connectivity index (χ4n) is 3.51. The summed E-state index contributed by atoms with van der Waals surface area (Å²) in [7, 11) is 0. The molecule has 4 aromatic rings. The van der Waals surface area contributed by atoms with E-state index < -0.39 is 5.60 Å². The number of rotatable bonds is 7. The smallest absolute Gasteiger partial charge is 0.163 e. The number of Topliss-reactive ketones (excluding diaryl/α,β-unsaturated/α-hetero) is 1. The summed E-state index contributed by atoms with van der Waals surface area (Å²) >= 11 is 0. The second kappa shape index (κ2) is 8.11. The van der Waals surface area contributed by atoms with Crippen molar-refractivity contribution in [1.82, 2.24) is 9.38 Å². The number of hydrogen-bond acceptors (Lipinski definition) is 3. The molecule has 0 unspecified atom stereocenters. The number of nitrogens with zero attached hydrogens (tertiary/aromatic N) is 2. The number of imidazole rings is 1. The van der Waals surface area contributed by atoms with Crippen LogP contribution in [0.15, 0.2) is 79.3 Å². The summed E-state index contributed by atoms with van der Waals surface area (Å²) in [6, 6.07) is 17.9. The number of pyridine rings is 1. The third-order valence-corrected chi connectivity index (χ3v) is 5.18. The van der Waals surface area contributed by atoms with Gasteiger partial charge in [0.1, 0.15) is 22.8 Å². The molecule has 2 aromatic carbocycles. The lowest BCUT2D eigenvalue weighted by Gasteiger charge is -2.27. The van der Waals surface area contributed by atoms with E-state index in [4.69, 9.17) is 4.74 Å². The molecule has 0 atom stereocenters. The van der Waals surface area contributed by atoms with Gasteiger partial charge in [-0.15, -0.1) is 0 Å². The van der Waals surface area contributed by atoms with Gasteiger partial charge < -0.3 is 9.14 Å². The third-order valence-electron chi connectivity index (χ3n) is 5.18. The maximum absolute atomic E-state index is 14.1. The van der Waals surface area contributed by atoms with Gasteiger partial charge >= 0.3 is 0 Å². The molecule has 0 bridgehead atoms. The van der Waals surface area contributed by atoms with Crippen LogP contribution in [0.2, 0.25) is 0 Å². The zero-order valence-electron chi connectivity index (χ0n) is 17.0. The molecular formula is C25H23FN2O2. The van der Waals surface area contributed by atoms with Crippen LogP contribution in [0.4, 0.5) is 4.39 Å². The molecule has 0 amide bonds. The van der Waals surface area contributed by atoms with Crippen LogP contribution in [0.3, 0.4) is 0 Å². The van der Waals surface area contributed by atoms with Crippen LogP contribution in [0.25, 0.3) is 5.65 Å². The zero-order chi connectivity index (χ0) is 21.1. The van der Waals surface area contributed by atoms with E-state index in [0.29, 0.717) is 29.7 Å². The molecule has 0 N–H and O–H groups in total. The molecule has 0 saturated heterocycles. The standard InChI is InChI=1S/C25H23FN2O2/c1-25(2,21-5-3-4-6-22(21)26)30-20-10-7-18(8-11-20)9-12-23(29)19-13-15-28-16-14-27-24(28)17-19/h3-8,10-11,13-17H,9,12H2,1-2H3. The molecule has 4 nitrogen and oxygen atoms in total. The van der Waals surface area contributed by atoms with Gasteiger partial charge in [0.05, 0.1) is 0 Å². The van der Waals surface area contributed by atoms with Crippen molar-refractivity contribution in [2.45, 2.75) is 32.3 Å². The van der Waals surface area contributed by atoms with Crippen LogP contribution in [-0.4, -0.2) is 15.2 Å². The summed E-state index contributed by atoms with van der Waals surface area (Å²) in [4.78, 5) is 16.7. The minimum absolute atomic E-state index is 0.0847. The molecule has 152 valence electrons. The van der Waals surface area contributed by atoms with Crippen LogP contribution in [0.1, 0.15) is 41.8 Å². The van der Waals surface area contributed by atoms with E-state index in [9.17, 15) is 9.18 Å². The second-order valence-corrected chi connectivity index (χ2v) is 7.77. The first-order valence-corrected chi connectivity index (χ1v) is 9.91. The van der Waals surface area contributed by atoms with E-state index in [1.807, 2.05) is 67.0 Å². The highest BCUT2D eigenvalue weighted by atomic mass is 19.1. The molecule has 0 aliphatic heterocycles. The molecule has 0 fully saturated rings. The van der Waals surface area contributed by atoms with Crippen molar-refractivity contribution in [1.29, 1.82) is 0 Å². The van der Waals surface area contributed by atoms with E-state index in [2.05, 4.69) is 4.98 Å². The lowest BCUT2D eigenvalue weighted by atomic mass is 9.97. The Balaban J connectivity index is 1.38. The molecule has 0 spiro atoms. The minimum atomic E-state index is -0.797. The van der Waals surface area contributed by atoms with E-state index in [1.54, 1.807) is 24.4 Å². The third kappa shape index (κ3) is 4.25. The number of hydrogen-bond donors (Lipinski definition) is 0. The predicted molar refractivity (Wildman–Crippen MR) is 114 cm³/mol. The van der Waals surface area contributed by atoms with E-state index >= 15 is 0 Å². The predicted octanol–water partition coefficient (Wildman–Crippen LogP) is 5.60. The first kappa shape index (κ1) is 19.8. The summed E-state index contributed by atoms with van der Waals surface area (Å²) < 4.78 is 22.0. The van der Waals surface area contributed by atoms with E-state index in [0.717, 1.165) is 11.2 Å². The molecule has 0 aliphatic carbocycles. The molecule has 2 heterocycles. The van der Waals surface area contributed by atoms with Crippen molar-refractivity contribution in [2.75, 3.05) is 0 Å². The van der Waals surface area contributed by atoms with E-state index in [-0.39, 0.29) is 11.6 Å². The van der Waals surface area contributed by atoms with Crippen LogP contribution in [0.5, 0.6) is 5.75 Å². The van der Waals surface area contributed by atoms with Crippen LogP contribution in [0, 0.1) is 5.82 Å². The van der Waals surface area contributed by atoms with Crippen molar-refractivity contribution in [3.05, 3.63) is 102 Å². The molecule has 30 heavy (non-hydrogen) atoms. The molecule has 0 saturated carbocycles. The van der Waals surface area contributed by atoms with Gasteiger partial charge in [-0.2, -0.15) is 0 Å². The molecular weight excluding hydrogens is 379 g/mol. The number of aromatic nitrogens is 2. The van der Waals surface area contributed by atoms with Gasteiger partial charge in [-0.05, 0) is 56.2 Å². The van der Waals surface area contributed by atoms with Crippen molar-refractivity contribution < 1.29 is 13.9 Å². The van der Waals surface area contributed by atoms with Gasteiger partial charge in [0.15, 0.2) is 5.78 Å². The fourth-order valence-corrected chi connectivity index (χ4v) is 3.51. The maximum atomic E-state index is 14.1. The Morgan fingerprint density at radius 2 is 1.83 bits per heavy atom. The lowest BCUT2D eigenvalue weighted by molar-refractivity contribution is 0.0982. The van der Waals surface area contributed by atoms with Gasteiger partial charge in [0.25, 0.3) is 0 Å². The average molecular weight is 402 g/mol. The average Bonchev–Trinajstić information content (AvgIpc) is 3.21. The monoisotopic (exact) mass is 402 g/mol. The summed E-state index contributed by atoms with van der Waals surface area (Å²) in [5.74, 6) is 0.454. The quantitative estimate of drug-likeness (QED) is 0.378. The Hall–Kier alpha value is -3.47. The fraction of sp³-hybridized carbons (Fsp3) is 0.200. The number of ether oxygens (including phenoxy) is 1. The first-order valence-electron chi connectivity index (χ1n) is 9.91. The number of ketones is 1. The Morgan fingerprint density at radius 3 is 2.60 bits per heavy atom. The molecule has 0 aliphatic rings. The largest absolute Gasteiger partial charge is 0.483 e. The highest BCUT2D eigenvalue weighted by molar-refractivity contribution is 5.96. The van der Waals surface area contributed by atoms with E-state index in [1.165, 1.54) is 6.07 Å². The molecule has 0 radical (unpaired) electrons. The number of halogens is 1. The Bertz CT molecular complexity index is 1180. The Morgan fingerprint density at radius 1 is 1.07 bits per heavy atom. The number of aryl methyl sites for hydroxylation is 1. The van der Waals surface area contributed by atoms with Gasteiger partial charge in [0.2, 0.25) is 0 Å². The van der Waals surface area contributed by atoms with Crippen molar-refractivity contribution in [3.8, 4) is 5.75 Å². The Kier molecular flexibility index (Phi) is 5.36. The normalized spacial score (nSPS) is 11.6. The second-order valence-electron chi connectivity index (χ2n) is 7.77. The summed E-state index contributed by atoms with van der Waals surface area (Å²) in [5.41, 5.74) is 2.18.